The maximum Gasteiger partial charge on any atom is 0.345 e. The summed E-state index contributed by atoms with van der Waals surface area (Å²) in [6, 6.07) is 28.3. The molecule has 8 aromatic rings. The number of carbonyl (C=O) groups excluding carboxylic acids is 1. The number of anilines is 4. The number of halogens is 4. The maximum atomic E-state index is 13.9. The van der Waals surface area contributed by atoms with Crippen LogP contribution in [0, 0.1) is 12.7 Å². The smallest absolute Gasteiger partial charge is 0.345 e. The zero-order valence-electron chi connectivity index (χ0n) is 40.3. The number of nitrogens with two attached hydrogens (primary N) is 3. The highest BCUT2D eigenvalue weighted by Crippen LogP contribution is 2.29. The van der Waals surface area contributed by atoms with E-state index in [-0.39, 0.29) is 16.9 Å². The molecular weight excluding hydrogens is 1110 g/mol. The van der Waals surface area contributed by atoms with Crippen LogP contribution >= 0.6 is 54.8 Å². The molecule has 0 aliphatic carbocycles. The van der Waals surface area contributed by atoms with Crippen molar-refractivity contribution in [3.8, 4) is 0 Å². The molecule has 1 fully saturated rings. The van der Waals surface area contributed by atoms with E-state index >= 15 is 0 Å². The van der Waals surface area contributed by atoms with E-state index in [1.807, 2.05) is 73.8 Å². The number of aromatic amines is 1. The molecule has 0 bridgehead atoms. The molecule has 4 aromatic carbocycles. The summed E-state index contributed by atoms with van der Waals surface area (Å²) in [7, 11) is 0. The molecule has 4 aromatic heterocycles. The zero-order chi connectivity index (χ0) is 53.1. The molecule has 0 radical (unpaired) electrons. The quantitative estimate of drug-likeness (QED) is 0.0446. The number of benzene rings is 4. The van der Waals surface area contributed by atoms with E-state index in [0.29, 0.717) is 52.0 Å². The van der Waals surface area contributed by atoms with Crippen LogP contribution in [-0.4, -0.2) is 73.5 Å². The van der Waals surface area contributed by atoms with Gasteiger partial charge in [0.05, 0.1) is 31.1 Å². The summed E-state index contributed by atoms with van der Waals surface area (Å²) in [5.74, 6) is 0.805. The molecule has 10 N–H and O–H groups in total. The summed E-state index contributed by atoms with van der Waals surface area (Å²) < 4.78 is 21.8. The van der Waals surface area contributed by atoms with Crippen molar-refractivity contribution in [2.24, 2.45) is 27.2 Å². The number of aryl methyl sites for hydroxylation is 1. The number of H-pyrrole nitrogens is 1. The number of ether oxygens (including phenoxy) is 1. The second-order valence-electron chi connectivity index (χ2n) is 16.2. The maximum absolute atomic E-state index is 13.9. The minimum absolute atomic E-state index is 0.0623. The Bertz CT molecular complexity index is 3270. The highest BCUT2D eigenvalue weighted by molar-refractivity contribution is 9.10. The average Bonchev–Trinajstić information content (AvgIpc) is 4.24. The minimum Gasteiger partial charge on any atom is -0.477 e. The topological polar surface area (TPSA) is 258 Å². The van der Waals surface area contributed by atoms with Crippen LogP contribution in [0.1, 0.15) is 68.5 Å². The molecule has 0 amide bonds. The second-order valence-corrected chi connectivity index (χ2v) is 19.4. The van der Waals surface area contributed by atoms with E-state index in [4.69, 9.17) is 38.6 Å². The Kier molecular flexibility index (Phi) is 21.0. The van der Waals surface area contributed by atoms with Crippen LogP contribution in [0.25, 0.3) is 21.0 Å². The van der Waals surface area contributed by atoms with Crippen LogP contribution in [0.5, 0.6) is 0 Å². The Morgan fingerprint density at radius 3 is 2.19 bits per heavy atom. The van der Waals surface area contributed by atoms with Gasteiger partial charge in [-0.1, -0.05) is 56.1 Å². The third-order valence-electron chi connectivity index (χ3n) is 10.5. The summed E-state index contributed by atoms with van der Waals surface area (Å²) in [6.45, 7) is 8.18. The fourth-order valence-corrected chi connectivity index (χ4v) is 8.78. The van der Waals surface area contributed by atoms with Crippen molar-refractivity contribution < 1.29 is 23.8 Å². The lowest BCUT2D eigenvalue weighted by atomic mass is 10.1. The highest BCUT2D eigenvalue weighted by Gasteiger charge is 2.13. The number of fused-ring (bicyclic) bond motifs is 4. The number of aliphatic imine (C=N–C) groups is 2. The fraction of sp³-hybridized carbons (Fsp3) is 0.170. The standard InChI is InChI=1S/C13H11FN4.C12H9ClN4.C10H8BrNO.C9H5BrO2S.C5H10N2.C4H9NO/c1-8-16-3-2-13(17-8)18-12-5-10-7-15-6-9(10)4-11(12)14;13-12-15-4-3-11(17-12)16-10-2-1-8-6-14-7-9(8)5-10;1-6(13)9-4-7-2-3-8(11)5-10(7)12-9;10-6-2-1-5-3-8(9(11)12)13-7(5)4-6;1-2-3-5(7)4-6;5-4-1-2-6-3-4/h2-5,7H,6H2,1H3,(H,16,17,18);1-5,7H,6H2,(H,15,16,17);2-5,12H,1H3;1-4H,(H,11,12);2-4H,6-7H2,1H3;4H,1-3,5H2/b;;;;3-2-,5-4+;. The van der Waals surface area contributed by atoms with Crippen molar-refractivity contribution in [2.75, 3.05) is 23.8 Å². The number of aromatic carboxylic acids is 1. The molecule has 74 heavy (non-hydrogen) atoms. The van der Waals surface area contributed by atoms with Gasteiger partial charge in [-0.2, -0.15) is 0 Å². The van der Waals surface area contributed by atoms with E-state index in [1.54, 1.807) is 62.8 Å². The number of ketones is 1. The van der Waals surface area contributed by atoms with Crippen LogP contribution < -0.4 is 27.8 Å². The van der Waals surface area contributed by atoms with Gasteiger partial charge in [0.15, 0.2) is 5.78 Å². The van der Waals surface area contributed by atoms with Crippen molar-refractivity contribution in [3.63, 3.8) is 0 Å². The Labute approximate surface area is 452 Å². The van der Waals surface area contributed by atoms with Crippen molar-refractivity contribution >= 4 is 123 Å². The van der Waals surface area contributed by atoms with Gasteiger partial charge < -0.3 is 42.7 Å². The largest absolute Gasteiger partial charge is 0.477 e. The number of rotatable bonds is 7. The van der Waals surface area contributed by atoms with Crippen LogP contribution in [-0.2, 0) is 17.8 Å². The van der Waals surface area contributed by atoms with E-state index in [2.05, 4.69) is 83.5 Å². The second kappa shape index (κ2) is 27.7. The lowest BCUT2D eigenvalue weighted by Gasteiger charge is -2.08. The van der Waals surface area contributed by atoms with Gasteiger partial charge in [0.25, 0.3) is 0 Å². The summed E-state index contributed by atoms with van der Waals surface area (Å²) in [5, 5.41) is 17.2. The first-order chi connectivity index (χ1) is 35.6. The molecule has 7 heterocycles. The number of allylic oxidation sites excluding steroid dienone is 2. The first-order valence-corrected chi connectivity index (χ1v) is 25.5. The number of carboxylic acid groups (broad SMARTS) is 1. The summed E-state index contributed by atoms with van der Waals surface area (Å²) in [6.07, 6.45) is 12.9. The molecule has 1 atom stereocenters. The van der Waals surface area contributed by atoms with Gasteiger partial charge in [0.2, 0.25) is 5.28 Å². The molecule has 0 saturated carbocycles. The summed E-state index contributed by atoms with van der Waals surface area (Å²) >= 11 is 13.7. The van der Waals surface area contributed by atoms with E-state index in [0.717, 1.165) is 78.5 Å². The lowest BCUT2D eigenvalue weighted by molar-refractivity contribution is 0.0702. The molecule has 1 saturated heterocycles. The van der Waals surface area contributed by atoms with Crippen molar-refractivity contribution in [1.82, 2.24) is 24.9 Å². The number of Topliss-reactive ketones (excluding diaryl/α,β-unsaturated/α-hetero) is 1. The van der Waals surface area contributed by atoms with Crippen molar-refractivity contribution in [3.05, 3.63) is 186 Å². The van der Waals surface area contributed by atoms with Gasteiger partial charge in [0, 0.05) is 86.5 Å². The monoisotopic (exact) mass is 1160 g/mol. The number of hydrogen-bond acceptors (Lipinski definition) is 15. The highest BCUT2D eigenvalue weighted by atomic mass is 79.9. The molecular formula is C53H52Br2ClFN12O4S. The number of aromatic nitrogens is 5. The van der Waals surface area contributed by atoms with Crippen molar-refractivity contribution in [1.29, 1.82) is 0 Å². The van der Waals surface area contributed by atoms with Gasteiger partial charge in [-0.3, -0.25) is 14.8 Å². The Morgan fingerprint density at radius 2 is 1.57 bits per heavy atom. The molecule has 3 aliphatic rings. The number of hydrogen-bond donors (Lipinski definition) is 7. The Hall–Kier alpha value is -7.20. The molecule has 11 rings (SSSR count). The van der Waals surface area contributed by atoms with E-state index in [9.17, 15) is 14.0 Å². The molecule has 16 nitrogen and oxygen atoms in total. The first kappa shape index (κ1) is 56.1. The number of thiophene rings is 1. The molecule has 21 heteroatoms. The van der Waals surface area contributed by atoms with Gasteiger partial charge in [0.1, 0.15) is 28.2 Å². The lowest BCUT2D eigenvalue weighted by Crippen LogP contribution is -2.18. The van der Waals surface area contributed by atoms with Gasteiger partial charge >= 0.3 is 5.97 Å². The van der Waals surface area contributed by atoms with Gasteiger partial charge in [-0.25, -0.2) is 29.1 Å². The minimum atomic E-state index is -0.864. The first-order valence-electron chi connectivity index (χ1n) is 22.7. The van der Waals surface area contributed by atoms with Crippen LogP contribution in [0.15, 0.2) is 146 Å². The normalized spacial score (nSPS) is 13.7. The van der Waals surface area contributed by atoms with E-state index < -0.39 is 5.97 Å². The number of nitrogens with one attached hydrogen (secondary N) is 3. The third kappa shape index (κ3) is 17.2. The number of carbonyl (C=O) groups is 2. The van der Waals surface area contributed by atoms with Crippen LogP contribution in [0.2, 0.25) is 5.28 Å². The Balaban J connectivity index is 0.000000150. The fourth-order valence-electron chi connectivity index (χ4n) is 6.82. The average molecular weight is 1170 g/mol. The number of carboxylic acids is 1. The molecule has 382 valence electrons. The molecule has 0 spiro atoms. The molecule has 1 unspecified atom stereocenters. The van der Waals surface area contributed by atoms with Crippen LogP contribution in [0.4, 0.5) is 27.4 Å². The predicted molar refractivity (Wildman–Crippen MR) is 303 cm³/mol. The van der Waals surface area contributed by atoms with Crippen molar-refractivity contribution in [2.45, 2.75) is 46.3 Å². The molecule has 3 aliphatic heterocycles. The van der Waals surface area contributed by atoms with Gasteiger partial charge in [-0.15, -0.1) is 11.3 Å². The third-order valence-corrected chi connectivity index (χ3v) is 12.7. The summed E-state index contributed by atoms with van der Waals surface area (Å²) in [5.41, 5.74) is 23.5. The summed E-state index contributed by atoms with van der Waals surface area (Å²) in [4.78, 5) is 49.6. The predicted octanol–water partition coefficient (Wildman–Crippen LogP) is 12.0. The Morgan fingerprint density at radius 1 is 0.878 bits per heavy atom. The van der Waals surface area contributed by atoms with E-state index in [1.165, 1.54) is 29.2 Å². The zero-order valence-corrected chi connectivity index (χ0v) is 45.1. The number of nitrogens with zero attached hydrogens (tertiary/aromatic N) is 6. The SMILES string of the molecule is C/C=C\C(N)=C/N.CC(=O)c1cc2ccc(Br)cc2[nH]1.Cc1nccc(Nc2cc3c(cc2F)CN=C3)n1.Clc1nccc(Nc2ccc3c(c2)C=NC3)n1.NC1CCOC1.O=C(O)c1cc2ccc(Br)cc2s1. The van der Waals surface area contributed by atoms with Gasteiger partial charge in [-0.05, 0) is 138 Å². The van der Waals surface area contributed by atoms with Crippen LogP contribution in [0.3, 0.4) is 0 Å².